The van der Waals surface area contributed by atoms with Gasteiger partial charge in [0.05, 0.1) is 17.7 Å². The third-order valence-electron chi connectivity index (χ3n) is 3.00. The predicted molar refractivity (Wildman–Crippen MR) is 70.9 cm³/mol. The highest BCUT2D eigenvalue weighted by Crippen LogP contribution is 2.08. The molecule has 0 amide bonds. The number of fused-ring (bicyclic) bond motifs is 1. The smallest absolute Gasteiger partial charge is 0.137 e. The fraction of sp³-hybridized carbons (Fsp3) is 0.429. The van der Waals surface area contributed by atoms with E-state index in [1.807, 2.05) is 35.7 Å². The molecule has 2 aromatic rings. The third kappa shape index (κ3) is 2.88. The molecule has 0 aliphatic rings. The lowest BCUT2D eigenvalue weighted by atomic mass is 10.2. The zero-order chi connectivity index (χ0) is 13.0. The predicted octanol–water partition coefficient (Wildman–Crippen LogP) is 2.32. The van der Waals surface area contributed by atoms with Crippen molar-refractivity contribution in [3.8, 4) is 6.07 Å². The lowest BCUT2D eigenvalue weighted by Gasteiger charge is -2.20. The van der Waals surface area contributed by atoms with E-state index in [2.05, 4.69) is 29.1 Å². The number of pyridine rings is 1. The number of rotatable bonds is 5. The van der Waals surface area contributed by atoms with E-state index in [0.717, 1.165) is 31.0 Å². The van der Waals surface area contributed by atoms with Crippen LogP contribution in [0.1, 0.15) is 19.5 Å². The molecule has 0 bridgehead atoms. The summed E-state index contributed by atoms with van der Waals surface area (Å²) < 4.78 is 2.02. The first-order valence-electron chi connectivity index (χ1n) is 6.27. The highest BCUT2D eigenvalue weighted by atomic mass is 15.1. The molecular weight excluding hydrogens is 224 g/mol. The van der Waals surface area contributed by atoms with Crippen LogP contribution in [0.15, 0.2) is 30.6 Å². The van der Waals surface area contributed by atoms with E-state index in [4.69, 9.17) is 5.26 Å². The van der Waals surface area contributed by atoms with E-state index in [0.29, 0.717) is 0 Å². The Balaban J connectivity index is 2.09. The van der Waals surface area contributed by atoms with Crippen molar-refractivity contribution in [1.29, 1.82) is 5.26 Å². The maximum atomic E-state index is 8.86. The van der Waals surface area contributed by atoms with E-state index in [-0.39, 0.29) is 5.92 Å². The zero-order valence-corrected chi connectivity index (χ0v) is 10.9. The van der Waals surface area contributed by atoms with E-state index >= 15 is 0 Å². The standard InChI is InChI=1S/C14H18N4/c1-3-17(9-12(2)8-15)10-13-11-18-7-5-4-6-14(18)16-13/h4-7,11-12H,3,9-10H2,1-2H3. The molecule has 2 heterocycles. The Morgan fingerprint density at radius 2 is 2.33 bits per heavy atom. The van der Waals surface area contributed by atoms with E-state index in [1.165, 1.54) is 0 Å². The molecule has 0 aromatic carbocycles. The molecule has 0 spiro atoms. The highest BCUT2D eigenvalue weighted by molar-refractivity contribution is 5.39. The summed E-state index contributed by atoms with van der Waals surface area (Å²) in [7, 11) is 0. The minimum absolute atomic E-state index is 0.0574. The SMILES string of the molecule is CCN(Cc1cn2ccccc2n1)CC(C)C#N. The Morgan fingerprint density at radius 3 is 3.00 bits per heavy atom. The molecule has 0 N–H and O–H groups in total. The summed E-state index contributed by atoms with van der Waals surface area (Å²) in [6.45, 7) is 6.58. The van der Waals surface area contributed by atoms with E-state index in [1.54, 1.807) is 0 Å². The molecule has 0 radical (unpaired) electrons. The molecular formula is C14H18N4. The van der Waals surface area contributed by atoms with Gasteiger partial charge in [-0.05, 0) is 25.6 Å². The van der Waals surface area contributed by atoms with Crippen molar-refractivity contribution in [3.63, 3.8) is 0 Å². The van der Waals surface area contributed by atoms with Gasteiger partial charge < -0.3 is 4.40 Å². The quantitative estimate of drug-likeness (QED) is 0.808. The van der Waals surface area contributed by atoms with Crippen molar-refractivity contribution in [2.24, 2.45) is 5.92 Å². The minimum atomic E-state index is 0.0574. The summed E-state index contributed by atoms with van der Waals surface area (Å²) in [4.78, 5) is 6.82. The van der Waals surface area contributed by atoms with Crippen molar-refractivity contribution >= 4 is 5.65 Å². The topological polar surface area (TPSA) is 44.3 Å². The maximum Gasteiger partial charge on any atom is 0.137 e. The van der Waals surface area contributed by atoms with E-state index < -0.39 is 0 Å². The van der Waals surface area contributed by atoms with Gasteiger partial charge in [-0.3, -0.25) is 4.90 Å². The number of hydrogen-bond donors (Lipinski definition) is 0. The van der Waals surface area contributed by atoms with Crippen LogP contribution in [0.2, 0.25) is 0 Å². The van der Waals surface area contributed by atoms with Crippen molar-refractivity contribution in [3.05, 3.63) is 36.3 Å². The summed E-state index contributed by atoms with van der Waals surface area (Å²) in [6, 6.07) is 8.25. The Kier molecular flexibility index (Phi) is 3.96. The van der Waals surface area contributed by atoms with Crippen molar-refractivity contribution in [2.45, 2.75) is 20.4 Å². The van der Waals surface area contributed by atoms with Crippen LogP contribution in [0.5, 0.6) is 0 Å². The van der Waals surface area contributed by atoms with Crippen molar-refractivity contribution in [1.82, 2.24) is 14.3 Å². The maximum absolute atomic E-state index is 8.86. The molecule has 1 atom stereocenters. The molecule has 1 unspecified atom stereocenters. The van der Waals surface area contributed by atoms with Crippen molar-refractivity contribution < 1.29 is 0 Å². The molecule has 0 aliphatic carbocycles. The largest absolute Gasteiger partial charge is 0.307 e. The van der Waals surface area contributed by atoms with Crippen molar-refractivity contribution in [2.75, 3.05) is 13.1 Å². The number of nitrogens with zero attached hydrogens (tertiary/aromatic N) is 4. The first kappa shape index (κ1) is 12.6. The van der Waals surface area contributed by atoms with Crippen LogP contribution in [0, 0.1) is 17.2 Å². The second-order valence-electron chi connectivity index (χ2n) is 4.56. The highest BCUT2D eigenvalue weighted by Gasteiger charge is 2.10. The summed E-state index contributed by atoms with van der Waals surface area (Å²) >= 11 is 0. The Morgan fingerprint density at radius 1 is 1.50 bits per heavy atom. The molecule has 0 saturated carbocycles. The number of aromatic nitrogens is 2. The Labute approximate surface area is 107 Å². The third-order valence-corrected chi connectivity index (χ3v) is 3.00. The average molecular weight is 242 g/mol. The summed E-state index contributed by atoms with van der Waals surface area (Å²) in [5.74, 6) is 0.0574. The van der Waals surface area contributed by atoms with Gasteiger partial charge in [0.1, 0.15) is 5.65 Å². The zero-order valence-electron chi connectivity index (χ0n) is 10.9. The fourth-order valence-electron chi connectivity index (χ4n) is 2.03. The summed E-state index contributed by atoms with van der Waals surface area (Å²) in [5, 5.41) is 8.86. The average Bonchev–Trinajstić information content (AvgIpc) is 2.79. The first-order chi connectivity index (χ1) is 8.72. The van der Waals surface area contributed by atoms with Crippen LogP contribution in [0.25, 0.3) is 5.65 Å². The van der Waals surface area contributed by atoms with Gasteiger partial charge in [-0.2, -0.15) is 5.26 Å². The van der Waals surface area contributed by atoms with Gasteiger partial charge in [0.2, 0.25) is 0 Å². The number of hydrogen-bond acceptors (Lipinski definition) is 3. The van der Waals surface area contributed by atoms with Crippen LogP contribution in [-0.2, 0) is 6.54 Å². The monoisotopic (exact) mass is 242 g/mol. The summed E-state index contributed by atoms with van der Waals surface area (Å²) in [6.07, 6.45) is 4.05. The second-order valence-corrected chi connectivity index (χ2v) is 4.56. The molecule has 4 nitrogen and oxygen atoms in total. The number of imidazole rings is 1. The lowest BCUT2D eigenvalue weighted by molar-refractivity contribution is 0.258. The molecule has 2 rings (SSSR count). The first-order valence-corrected chi connectivity index (χ1v) is 6.27. The molecule has 94 valence electrons. The van der Waals surface area contributed by atoms with Gasteiger partial charge in [-0.1, -0.05) is 13.0 Å². The molecule has 0 saturated heterocycles. The summed E-state index contributed by atoms with van der Waals surface area (Å²) in [5.41, 5.74) is 2.02. The molecule has 0 aliphatic heterocycles. The normalized spacial score (nSPS) is 12.8. The van der Waals surface area contributed by atoms with Gasteiger partial charge in [0, 0.05) is 25.5 Å². The lowest BCUT2D eigenvalue weighted by Crippen LogP contribution is -2.27. The van der Waals surface area contributed by atoms with Crippen LogP contribution < -0.4 is 0 Å². The molecule has 0 fully saturated rings. The van der Waals surface area contributed by atoms with Crippen LogP contribution >= 0.6 is 0 Å². The minimum Gasteiger partial charge on any atom is -0.307 e. The van der Waals surface area contributed by atoms with Crippen LogP contribution in [0.3, 0.4) is 0 Å². The Bertz CT molecular complexity index is 519. The number of nitriles is 1. The van der Waals surface area contributed by atoms with E-state index in [9.17, 15) is 0 Å². The second kappa shape index (κ2) is 5.65. The van der Waals surface area contributed by atoms with Gasteiger partial charge in [0.25, 0.3) is 0 Å². The van der Waals surface area contributed by atoms with Crippen LogP contribution in [0.4, 0.5) is 0 Å². The molecule has 4 heteroatoms. The fourth-order valence-corrected chi connectivity index (χ4v) is 2.03. The molecule has 18 heavy (non-hydrogen) atoms. The van der Waals surface area contributed by atoms with Gasteiger partial charge in [-0.15, -0.1) is 0 Å². The van der Waals surface area contributed by atoms with Gasteiger partial charge in [0.15, 0.2) is 0 Å². The van der Waals surface area contributed by atoms with Gasteiger partial charge in [-0.25, -0.2) is 4.98 Å². The Hall–Kier alpha value is -1.86. The van der Waals surface area contributed by atoms with Crippen LogP contribution in [-0.4, -0.2) is 27.4 Å². The van der Waals surface area contributed by atoms with Gasteiger partial charge >= 0.3 is 0 Å². The molecule has 2 aromatic heterocycles.